The minimum absolute atomic E-state index is 0.532. The standard InChI is InChI=1S/C13H22N4/c1-10(11-5-3-2-4-6-11)17-13-7-8-14-9-12(13)15-16-17/h10-11,14H,2-9H2,1H3. The Morgan fingerprint density at radius 2 is 2.12 bits per heavy atom. The average molecular weight is 234 g/mol. The lowest BCUT2D eigenvalue weighted by molar-refractivity contribution is 0.243. The molecule has 2 aliphatic rings. The largest absolute Gasteiger partial charge is 0.311 e. The fourth-order valence-electron chi connectivity index (χ4n) is 3.30. The van der Waals surface area contributed by atoms with E-state index in [0.717, 1.165) is 25.4 Å². The molecule has 2 heterocycles. The molecule has 4 nitrogen and oxygen atoms in total. The first-order valence-electron chi connectivity index (χ1n) is 7.00. The minimum Gasteiger partial charge on any atom is -0.311 e. The maximum Gasteiger partial charge on any atom is 0.0997 e. The van der Waals surface area contributed by atoms with Gasteiger partial charge in [-0.15, -0.1) is 5.10 Å². The molecule has 1 N–H and O–H groups in total. The number of hydrogen-bond acceptors (Lipinski definition) is 3. The average Bonchev–Trinajstić information content (AvgIpc) is 2.83. The van der Waals surface area contributed by atoms with Crippen molar-refractivity contribution in [3.63, 3.8) is 0 Å². The van der Waals surface area contributed by atoms with Crippen LogP contribution < -0.4 is 5.32 Å². The third-order valence-electron chi connectivity index (χ3n) is 4.42. The Hall–Kier alpha value is -0.900. The predicted molar refractivity (Wildman–Crippen MR) is 66.7 cm³/mol. The van der Waals surface area contributed by atoms with Gasteiger partial charge < -0.3 is 5.32 Å². The van der Waals surface area contributed by atoms with Gasteiger partial charge in [0.05, 0.1) is 17.4 Å². The number of aromatic nitrogens is 3. The summed E-state index contributed by atoms with van der Waals surface area (Å²) in [6.45, 7) is 4.29. The van der Waals surface area contributed by atoms with Crippen LogP contribution in [0.4, 0.5) is 0 Å². The van der Waals surface area contributed by atoms with E-state index in [4.69, 9.17) is 0 Å². The summed E-state index contributed by atoms with van der Waals surface area (Å²) < 4.78 is 2.21. The Labute approximate surface area is 103 Å². The zero-order valence-corrected chi connectivity index (χ0v) is 10.7. The van der Waals surface area contributed by atoms with Crippen molar-refractivity contribution >= 4 is 0 Å². The molecule has 1 aromatic rings. The van der Waals surface area contributed by atoms with Crippen LogP contribution in [0, 0.1) is 5.92 Å². The second-order valence-electron chi connectivity index (χ2n) is 5.49. The lowest BCUT2D eigenvalue weighted by atomic mass is 9.84. The summed E-state index contributed by atoms with van der Waals surface area (Å²) in [6, 6.07) is 0.532. The van der Waals surface area contributed by atoms with E-state index in [0.29, 0.717) is 6.04 Å². The van der Waals surface area contributed by atoms with Crippen molar-refractivity contribution in [2.24, 2.45) is 5.92 Å². The van der Waals surface area contributed by atoms with E-state index < -0.39 is 0 Å². The molecule has 1 saturated carbocycles. The number of fused-ring (bicyclic) bond motifs is 1. The van der Waals surface area contributed by atoms with Crippen LogP contribution in [0.2, 0.25) is 0 Å². The first-order valence-corrected chi connectivity index (χ1v) is 7.00. The molecule has 94 valence electrons. The summed E-state index contributed by atoms with van der Waals surface area (Å²) >= 11 is 0. The third-order valence-corrected chi connectivity index (χ3v) is 4.42. The van der Waals surface area contributed by atoms with Crippen LogP contribution in [0.1, 0.15) is 56.5 Å². The summed E-state index contributed by atoms with van der Waals surface area (Å²) in [7, 11) is 0. The number of nitrogens with one attached hydrogen (secondary N) is 1. The first-order chi connectivity index (χ1) is 8.36. The van der Waals surface area contributed by atoms with E-state index in [1.807, 2.05) is 0 Å². The van der Waals surface area contributed by atoms with Gasteiger partial charge in [0.15, 0.2) is 0 Å². The maximum atomic E-state index is 4.40. The van der Waals surface area contributed by atoms with Crippen LogP contribution in [-0.4, -0.2) is 21.5 Å². The molecular formula is C13H22N4. The van der Waals surface area contributed by atoms with Gasteiger partial charge in [-0.1, -0.05) is 24.5 Å². The quantitative estimate of drug-likeness (QED) is 0.852. The Kier molecular flexibility index (Phi) is 3.14. The molecule has 0 spiro atoms. The van der Waals surface area contributed by atoms with Crippen LogP contribution in [0.25, 0.3) is 0 Å². The number of hydrogen-bond donors (Lipinski definition) is 1. The van der Waals surface area contributed by atoms with Crippen molar-refractivity contribution in [1.29, 1.82) is 0 Å². The highest BCUT2D eigenvalue weighted by Gasteiger charge is 2.26. The molecule has 17 heavy (non-hydrogen) atoms. The van der Waals surface area contributed by atoms with Crippen molar-refractivity contribution in [3.05, 3.63) is 11.4 Å². The topological polar surface area (TPSA) is 42.7 Å². The molecule has 3 rings (SSSR count). The second-order valence-corrected chi connectivity index (χ2v) is 5.49. The van der Waals surface area contributed by atoms with E-state index in [-0.39, 0.29) is 0 Å². The highest BCUT2D eigenvalue weighted by Crippen LogP contribution is 2.33. The lowest BCUT2D eigenvalue weighted by Crippen LogP contribution is -2.27. The predicted octanol–water partition coefficient (Wildman–Crippen LogP) is 2.07. The molecule has 0 bridgehead atoms. The Balaban J connectivity index is 1.80. The van der Waals surface area contributed by atoms with Crippen LogP contribution in [0.3, 0.4) is 0 Å². The van der Waals surface area contributed by atoms with Gasteiger partial charge in [0, 0.05) is 19.5 Å². The molecule has 1 fully saturated rings. The smallest absolute Gasteiger partial charge is 0.0997 e. The second kappa shape index (κ2) is 4.77. The Morgan fingerprint density at radius 1 is 1.29 bits per heavy atom. The molecular weight excluding hydrogens is 212 g/mol. The van der Waals surface area contributed by atoms with E-state index in [1.54, 1.807) is 0 Å². The monoisotopic (exact) mass is 234 g/mol. The number of nitrogens with zero attached hydrogens (tertiary/aromatic N) is 3. The van der Waals surface area contributed by atoms with Crippen LogP contribution in [0.5, 0.6) is 0 Å². The molecule has 0 aromatic carbocycles. The van der Waals surface area contributed by atoms with Gasteiger partial charge >= 0.3 is 0 Å². The summed E-state index contributed by atoms with van der Waals surface area (Å²) in [4.78, 5) is 0. The summed E-state index contributed by atoms with van der Waals surface area (Å²) in [5, 5.41) is 12.1. The molecule has 1 aromatic heterocycles. The van der Waals surface area contributed by atoms with Crippen molar-refractivity contribution in [2.45, 2.75) is 58.0 Å². The SMILES string of the molecule is CC(C1CCCCC1)n1nnc2c1CCNC2. The Bertz CT molecular complexity index is 379. The zero-order chi connectivity index (χ0) is 11.7. The Morgan fingerprint density at radius 3 is 2.94 bits per heavy atom. The van der Waals surface area contributed by atoms with Crippen molar-refractivity contribution in [2.75, 3.05) is 6.54 Å². The van der Waals surface area contributed by atoms with E-state index in [1.165, 1.54) is 43.5 Å². The zero-order valence-electron chi connectivity index (χ0n) is 10.7. The van der Waals surface area contributed by atoms with Crippen molar-refractivity contribution < 1.29 is 0 Å². The molecule has 0 saturated heterocycles. The van der Waals surface area contributed by atoms with Crippen LogP contribution in [-0.2, 0) is 13.0 Å². The fourth-order valence-corrected chi connectivity index (χ4v) is 3.30. The molecule has 1 aliphatic heterocycles. The van der Waals surface area contributed by atoms with Gasteiger partial charge in [-0.3, -0.25) is 0 Å². The lowest BCUT2D eigenvalue weighted by Gasteiger charge is -2.29. The van der Waals surface area contributed by atoms with Crippen molar-refractivity contribution in [3.8, 4) is 0 Å². The van der Waals surface area contributed by atoms with Gasteiger partial charge in [-0.25, -0.2) is 4.68 Å². The first kappa shape index (κ1) is 11.2. The number of rotatable bonds is 2. The van der Waals surface area contributed by atoms with Crippen LogP contribution >= 0.6 is 0 Å². The molecule has 1 atom stereocenters. The normalized spacial score (nSPS) is 23.4. The van der Waals surface area contributed by atoms with Crippen LogP contribution in [0.15, 0.2) is 0 Å². The van der Waals surface area contributed by atoms with Gasteiger partial charge in [-0.2, -0.15) is 0 Å². The molecule has 0 radical (unpaired) electrons. The minimum atomic E-state index is 0.532. The summed E-state index contributed by atoms with van der Waals surface area (Å²) in [5.41, 5.74) is 2.54. The molecule has 4 heteroatoms. The molecule has 1 unspecified atom stereocenters. The highest BCUT2D eigenvalue weighted by atomic mass is 15.4. The van der Waals surface area contributed by atoms with Gasteiger partial charge in [0.25, 0.3) is 0 Å². The van der Waals surface area contributed by atoms with Gasteiger partial charge in [-0.05, 0) is 25.7 Å². The van der Waals surface area contributed by atoms with Gasteiger partial charge in [0.1, 0.15) is 0 Å². The summed E-state index contributed by atoms with van der Waals surface area (Å²) in [6.07, 6.45) is 8.03. The van der Waals surface area contributed by atoms with E-state index in [2.05, 4.69) is 27.2 Å². The van der Waals surface area contributed by atoms with E-state index in [9.17, 15) is 0 Å². The maximum absolute atomic E-state index is 4.40. The fraction of sp³-hybridized carbons (Fsp3) is 0.846. The summed E-state index contributed by atoms with van der Waals surface area (Å²) in [5.74, 6) is 0.810. The molecule has 0 amide bonds. The third kappa shape index (κ3) is 2.10. The van der Waals surface area contributed by atoms with Crippen molar-refractivity contribution in [1.82, 2.24) is 20.3 Å². The molecule has 1 aliphatic carbocycles. The van der Waals surface area contributed by atoms with E-state index >= 15 is 0 Å². The highest BCUT2D eigenvalue weighted by molar-refractivity contribution is 5.14. The van der Waals surface area contributed by atoms with Gasteiger partial charge in [0.2, 0.25) is 0 Å².